The molecule has 0 saturated heterocycles. The predicted octanol–water partition coefficient (Wildman–Crippen LogP) is 3.05. The van der Waals surface area contributed by atoms with Crippen molar-refractivity contribution in [2.45, 2.75) is 13.1 Å². The standard InChI is InChI=1S/C17H14ClFN4O/c18-14-7-3-2-6-13(14)17-21-11-22-23(17)10-16(24)20-9-12-5-1-4-8-15(12)19/h1-8,11H,9-10H2,(H,20,24). The summed E-state index contributed by atoms with van der Waals surface area (Å²) >= 11 is 6.16. The summed E-state index contributed by atoms with van der Waals surface area (Å²) in [7, 11) is 0. The van der Waals surface area contributed by atoms with Crippen molar-refractivity contribution in [1.29, 1.82) is 0 Å². The molecule has 0 spiro atoms. The van der Waals surface area contributed by atoms with Gasteiger partial charge in [-0.2, -0.15) is 5.10 Å². The molecular weight excluding hydrogens is 331 g/mol. The maximum atomic E-state index is 13.6. The van der Waals surface area contributed by atoms with Crippen molar-refractivity contribution in [3.05, 3.63) is 71.3 Å². The molecular formula is C17H14ClFN4O. The van der Waals surface area contributed by atoms with Crippen molar-refractivity contribution in [3.63, 3.8) is 0 Å². The monoisotopic (exact) mass is 344 g/mol. The van der Waals surface area contributed by atoms with E-state index in [0.29, 0.717) is 22.0 Å². The van der Waals surface area contributed by atoms with Gasteiger partial charge in [0.1, 0.15) is 18.7 Å². The van der Waals surface area contributed by atoms with Gasteiger partial charge in [-0.1, -0.05) is 41.9 Å². The van der Waals surface area contributed by atoms with E-state index < -0.39 is 0 Å². The van der Waals surface area contributed by atoms with Crippen molar-refractivity contribution in [1.82, 2.24) is 20.1 Å². The summed E-state index contributed by atoms with van der Waals surface area (Å²) in [6.45, 7) is 0.0800. The van der Waals surface area contributed by atoms with Crippen LogP contribution in [0.3, 0.4) is 0 Å². The molecule has 122 valence electrons. The molecule has 3 rings (SSSR count). The summed E-state index contributed by atoms with van der Waals surface area (Å²) in [5.41, 5.74) is 1.12. The van der Waals surface area contributed by atoms with Crippen molar-refractivity contribution >= 4 is 17.5 Å². The number of hydrogen-bond donors (Lipinski definition) is 1. The van der Waals surface area contributed by atoms with Gasteiger partial charge in [0.15, 0.2) is 5.82 Å². The van der Waals surface area contributed by atoms with Crippen molar-refractivity contribution < 1.29 is 9.18 Å². The average Bonchev–Trinajstić information content (AvgIpc) is 3.02. The number of rotatable bonds is 5. The van der Waals surface area contributed by atoms with Crippen molar-refractivity contribution in [3.8, 4) is 11.4 Å². The van der Waals surface area contributed by atoms with E-state index in [4.69, 9.17) is 11.6 Å². The molecule has 0 unspecified atom stereocenters. The lowest BCUT2D eigenvalue weighted by Gasteiger charge is -2.09. The Morgan fingerprint density at radius 3 is 2.71 bits per heavy atom. The molecule has 24 heavy (non-hydrogen) atoms. The van der Waals surface area contributed by atoms with Crippen LogP contribution in [0.5, 0.6) is 0 Å². The second kappa shape index (κ2) is 7.23. The lowest BCUT2D eigenvalue weighted by atomic mass is 10.2. The van der Waals surface area contributed by atoms with Crippen LogP contribution in [-0.2, 0) is 17.9 Å². The van der Waals surface area contributed by atoms with E-state index in [0.717, 1.165) is 0 Å². The molecule has 0 bridgehead atoms. The molecule has 1 aromatic heterocycles. The highest BCUT2D eigenvalue weighted by Crippen LogP contribution is 2.25. The van der Waals surface area contributed by atoms with E-state index in [1.165, 1.54) is 17.1 Å². The Bertz CT molecular complexity index is 865. The first-order valence-electron chi connectivity index (χ1n) is 7.28. The number of benzene rings is 2. The van der Waals surface area contributed by atoms with E-state index in [9.17, 15) is 9.18 Å². The van der Waals surface area contributed by atoms with Gasteiger partial charge in [0, 0.05) is 17.7 Å². The van der Waals surface area contributed by atoms with Gasteiger partial charge in [-0.3, -0.25) is 4.79 Å². The largest absolute Gasteiger partial charge is 0.350 e. The third-order valence-electron chi connectivity index (χ3n) is 3.46. The minimum absolute atomic E-state index is 0.0327. The zero-order valence-electron chi connectivity index (χ0n) is 12.6. The molecule has 1 N–H and O–H groups in total. The molecule has 0 aliphatic rings. The zero-order chi connectivity index (χ0) is 16.9. The van der Waals surface area contributed by atoms with Crippen LogP contribution >= 0.6 is 11.6 Å². The Hall–Kier alpha value is -2.73. The van der Waals surface area contributed by atoms with E-state index >= 15 is 0 Å². The van der Waals surface area contributed by atoms with E-state index in [-0.39, 0.29) is 24.8 Å². The Morgan fingerprint density at radius 1 is 1.17 bits per heavy atom. The van der Waals surface area contributed by atoms with E-state index in [1.807, 2.05) is 12.1 Å². The van der Waals surface area contributed by atoms with Crippen LogP contribution in [0.25, 0.3) is 11.4 Å². The maximum Gasteiger partial charge on any atom is 0.242 e. The normalized spacial score (nSPS) is 10.6. The highest BCUT2D eigenvalue weighted by Gasteiger charge is 2.13. The first-order chi connectivity index (χ1) is 11.6. The van der Waals surface area contributed by atoms with Crippen LogP contribution in [0, 0.1) is 5.82 Å². The summed E-state index contributed by atoms with van der Waals surface area (Å²) in [4.78, 5) is 16.3. The zero-order valence-corrected chi connectivity index (χ0v) is 13.4. The molecule has 0 radical (unpaired) electrons. The fourth-order valence-corrected chi connectivity index (χ4v) is 2.48. The summed E-state index contributed by atoms with van der Waals surface area (Å²) in [5.74, 6) is -0.144. The van der Waals surface area contributed by atoms with Gasteiger partial charge in [-0.25, -0.2) is 14.1 Å². The van der Waals surface area contributed by atoms with Crippen molar-refractivity contribution in [2.24, 2.45) is 0 Å². The summed E-state index contributed by atoms with van der Waals surface area (Å²) < 4.78 is 15.0. The molecule has 0 saturated carbocycles. The fourth-order valence-electron chi connectivity index (χ4n) is 2.26. The van der Waals surface area contributed by atoms with Crippen LogP contribution in [0.2, 0.25) is 5.02 Å². The molecule has 0 atom stereocenters. The first kappa shape index (κ1) is 16.1. The van der Waals surface area contributed by atoms with E-state index in [1.54, 1.807) is 30.3 Å². The number of amides is 1. The number of nitrogens with zero attached hydrogens (tertiary/aromatic N) is 3. The van der Waals surface area contributed by atoms with Gasteiger partial charge >= 0.3 is 0 Å². The Kier molecular flexibility index (Phi) is 4.86. The van der Waals surface area contributed by atoms with Crippen LogP contribution in [0.1, 0.15) is 5.56 Å². The molecule has 0 aliphatic heterocycles. The lowest BCUT2D eigenvalue weighted by Crippen LogP contribution is -2.28. The van der Waals surface area contributed by atoms with Gasteiger partial charge in [0.2, 0.25) is 5.91 Å². The number of carbonyl (C=O) groups is 1. The van der Waals surface area contributed by atoms with Gasteiger partial charge in [0.25, 0.3) is 0 Å². The summed E-state index contributed by atoms with van der Waals surface area (Å²) in [5, 5.41) is 7.26. The second-order valence-corrected chi connectivity index (χ2v) is 5.50. The summed E-state index contributed by atoms with van der Waals surface area (Å²) in [6, 6.07) is 13.5. The minimum Gasteiger partial charge on any atom is -0.350 e. The summed E-state index contributed by atoms with van der Waals surface area (Å²) in [6.07, 6.45) is 1.36. The molecule has 3 aromatic rings. The van der Waals surface area contributed by atoms with Gasteiger partial charge in [-0.05, 0) is 18.2 Å². The SMILES string of the molecule is O=C(Cn1ncnc1-c1ccccc1Cl)NCc1ccccc1F. The fraction of sp³-hybridized carbons (Fsp3) is 0.118. The van der Waals surface area contributed by atoms with Crippen LogP contribution in [0.4, 0.5) is 4.39 Å². The minimum atomic E-state index is -0.352. The Balaban J connectivity index is 1.69. The maximum absolute atomic E-state index is 13.6. The molecule has 1 heterocycles. The quantitative estimate of drug-likeness (QED) is 0.774. The number of halogens is 2. The third-order valence-corrected chi connectivity index (χ3v) is 3.79. The Labute approximate surface area is 143 Å². The third kappa shape index (κ3) is 3.60. The number of carbonyl (C=O) groups excluding carboxylic acids is 1. The molecule has 5 nitrogen and oxygen atoms in total. The molecule has 1 amide bonds. The number of nitrogens with one attached hydrogen (secondary N) is 1. The molecule has 2 aromatic carbocycles. The van der Waals surface area contributed by atoms with E-state index in [2.05, 4.69) is 15.4 Å². The van der Waals surface area contributed by atoms with Crippen molar-refractivity contribution in [2.75, 3.05) is 0 Å². The van der Waals surface area contributed by atoms with Gasteiger partial charge in [0.05, 0.1) is 5.02 Å². The van der Waals surface area contributed by atoms with Crippen LogP contribution < -0.4 is 5.32 Å². The van der Waals surface area contributed by atoms with Gasteiger partial charge < -0.3 is 5.32 Å². The number of hydrogen-bond acceptors (Lipinski definition) is 3. The topological polar surface area (TPSA) is 59.8 Å². The predicted molar refractivity (Wildman–Crippen MR) is 88.7 cm³/mol. The second-order valence-electron chi connectivity index (χ2n) is 5.09. The van der Waals surface area contributed by atoms with Crippen LogP contribution in [-0.4, -0.2) is 20.7 Å². The van der Waals surface area contributed by atoms with Crippen LogP contribution in [0.15, 0.2) is 54.9 Å². The smallest absolute Gasteiger partial charge is 0.242 e. The molecule has 7 heteroatoms. The Morgan fingerprint density at radius 2 is 1.92 bits per heavy atom. The highest BCUT2D eigenvalue weighted by atomic mass is 35.5. The average molecular weight is 345 g/mol. The molecule has 0 fully saturated rings. The highest BCUT2D eigenvalue weighted by molar-refractivity contribution is 6.33. The molecule has 0 aliphatic carbocycles. The first-order valence-corrected chi connectivity index (χ1v) is 7.66. The lowest BCUT2D eigenvalue weighted by molar-refractivity contribution is -0.122. The number of aromatic nitrogens is 3. The van der Waals surface area contributed by atoms with Gasteiger partial charge in [-0.15, -0.1) is 0 Å².